The Balaban J connectivity index is 1.55. The van der Waals surface area contributed by atoms with Gasteiger partial charge in [-0.3, -0.25) is 4.90 Å². The van der Waals surface area contributed by atoms with E-state index in [1.807, 2.05) is 6.92 Å². The largest absolute Gasteiger partial charge is 0.389 e. The van der Waals surface area contributed by atoms with Gasteiger partial charge in [-0.05, 0) is 32.7 Å². The molecule has 5 nitrogen and oxygen atoms in total. The van der Waals surface area contributed by atoms with Gasteiger partial charge in [0.25, 0.3) is 0 Å². The number of hydrogen-bond donors (Lipinski definition) is 2. The van der Waals surface area contributed by atoms with E-state index in [1.54, 1.807) is 0 Å². The number of nitrogens with zero attached hydrogens (tertiary/aromatic N) is 1. The molecule has 2 saturated heterocycles. The van der Waals surface area contributed by atoms with Gasteiger partial charge in [-0.2, -0.15) is 0 Å². The molecular formula is C15H30N2O3. The van der Waals surface area contributed by atoms with Crippen LogP contribution in [-0.2, 0) is 9.47 Å². The number of aliphatic hydroxyl groups is 1. The van der Waals surface area contributed by atoms with Crippen LogP contribution in [0.2, 0.25) is 0 Å². The Kier molecular flexibility index (Phi) is 7.24. The highest BCUT2D eigenvalue weighted by molar-refractivity contribution is 4.94. The summed E-state index contributed by atoms with van der Waals surface area (Å²) < 4.78 is 10.6. The van der Waals surface area contributed by atoms with Crippen molar-refractivity contribution in [3.8, 4) is 0 Å². The summed E-state index contributed by atoms with van der Waals surface area (Å²) in [6.07, 6.45) is 4.79. The van der Waals surface area contributed by atoms with Crippen molar-refractivity contribution >= 4 is 0 Å². The van der Waals surface area contributed by atoms with Crippen molar-refractivity contribution in [2.75, 3.05) is 46.1 Å². The highest BCUT2D eigenvalue weighted by Crippen LogP contribution is 2.26. The Morgan fingerprint density at radius 3 is 2.90 bits per heavy atom. The molecule has 0 saturated carbocycles. The van der Waals surface area contributed by atoms with Gasteiger partial charge in [-0.25, -0.2) is 0 Å². The van der Waals surface area contributed by atoms with E-state index in [9.17, 15) is 5.11 Å². The van der Waals surface area contributed by atoms with Crippen LogP contribution in [0, 0.1) is 0 Å². The normalized spacial score (nSPS) is 28.5. The molecule has 3 atom stereocenters. The van der Waals surface area contributed by atoms with E-state index in [4.69, 9.17) is 9.47 Å². The van der Waals surface area contributed by atoms with Crippen LogP contribution < -0.4 is 5.32 Å². The summed E-state index contributed by atoms with van der Waals surface area (Å²) in [5, 5.41) is 13.4. The topological polar surface area (TPSA) is 54.0 Å². The minimum Gasteiger partial charge on any atom is -0.389 e. The second kappa shape index (κ2) is 8.95. The first-order chi connectivity index (χ1) is 9.81. The van der Waals surface area contributed by atoms with Crippen molar-refractivity contribution in [2.24, 2.45) is 0 Å². The molecule has 2 fully saturated rings. The zero-order chi connectivity index (χ0) is 14.2. The average molecular weight is 286 g/mol. The minimum absolute atomic E-state index is 0.390. The highest BCUT2D eigenvalue weighted by Gasteiger charge is 2.35. The Morgan fingerprint density at radius 1 is 1.20 bits per heavy atom. The van der Waals surface area contributed by atoms with Crippen molar-refractivity contribution in [3.63, 3.8) is 0 Å². The van der Waals surface area contributed by atoms with E-state index in [0.717, 1.165) is 0 Å². The molecule has 0 spiro atoms. The minimum atomic E-state index is -0.422. The van der Waals surface area contributed by atoms with Crippen molar-refractivity contribution in [1.82, 2.24) is 10.2 Å². The van der Waals surface area contributed by atoms with Gasteiger partial charge < -0.3 is 19.9 Å². The van der Waals surface area contributed by atoms with Crippen molar-refractivity contribution in [3.05, 3.63) is 0 Å². The average Bonchev–Trinajstić information content (AvgIpc) is 2.88. The van der Waals surface area contributed by atoms with Gasteiger partial charge >= 0.3 is 0 Å². The zero-order valence-corrected chi connectivity index (χ0v) is 12.7. The van der Waals surface area contributed by atoms with Crippen LogP contribution in [-0.4, -0.2) is 74.3 Å². The number of rotatable bonds is 9. The van der Waals surface area contributed by atoms with Gasteiger partial charge in [0.15, 0.2) is 0 Å². The maximum atomic E-state index is 9.92. The molecule has 0 radical (unpaired) electrons. The number of piperidine rings is 1. The lowest BCUT2D eigenvalue weighted by molar-refractivity contribution is 0.00523. The molecule has 2 rings (SSSR count). The molecule has 5 heteroatoms. The maximum absolute atomic E-state index is 9.92. The molecule has 0 bridgehead atoms. The molecule has 0 aromatic carbocycles. The smallest absolute Gasteiger partial charge is 0.0897 e. The van der Waals surface area contributed by atoms with Gasteiger partial charge in [0, 0.05) is 31.8 Å². The lowest BCUT2D eigenvalue weighted by atomic mass is 9.99. The first-order valence-corrected chi connectivity index (χ1v) is 8.12. The Hall–Kier alpha value is -0.200. The summed E-state index contributed by atoms with van der Waals surface area (Å²) in [5.74, 6) is 0. The van der Waals surface area contributed by atoms with Crippen molar-refractivity contribution in [2.45, 2.75) is 50.8 Å². The molecule has 20 heavy (non-hydrogen) atoms. The van der Waals surface area contributed by atoms with Crippen LogP contribution in [0.5, 0.6) is 0 Å². The molecular weight excluding hydrogens is 256 g/mol. The molecule has 0 aliphatic carbocycles. The molecule has 0 amide bonds. The summed E-state index contributed by atoms with van der Waals surface area (Å²) in [5.41, 5.74) is 0. The summed E-state index contributed by atoms with van der Waals surface area (Å²) in [6, 6.07) is 1.24. The second-order valence-electron chi connectivity index (χ2n) is 5.83. The van der Waals surface area contributed by atoms with E-state index in [0.29, 0.717) is 45.1 Å². The van der Waals surface area contributed by atoms with Crippen LogP contribution in [0.1, 0.15) is 32.6 Å². The van der Waals surface area contributed by atoms with E-state index in [-0.39, 0.29) is 0 Å². The predicted octanol–water partition coefficient (Wildman–Crippen LogP) is 0.617. The summed E-state index contributed by atoms with van der Waals surface area (Å²) >= 11 is 0. The highest BCUT2D eigenvalue weighted by atomic mass is 16.5. The third kappa shape index (κ3) is 4.97. The number of ether oxygens (including phenoxy) is 2. The van der Waals surface area contributed by atoms with Crippen LogP contribution in [0.25, 0.3) is 0 Å². The van der Waals surface area contributed by atoms with Gasteiger partial charge in [0.05, 0.1) is 25.9 Å². The number of nitrogens with one attached hydrogen (secondary N) is 1. The van der Waals surface area contributed by atoms with Crippen molar-refractivity contribution < 1.29 is 14.6 Å². The van der Waals surface area contributed by atoms with Gasteiger partial charge in [-0.1, -0.05) is 6.42 Å². The van der Waals surface area contributed by atoms with Gasteiger partial charge in [0.2, 0.25) is 0 Å². The molecule has 3 unspecified atom stereocenters. The van der Waals surface area contributed by atoms with Gasteiger partial charge in [0.1, 0.15) is 0 Å². The number of fused-ring (bicyclic) bond motifs is 1. The quantitative estimate of drug-likeness (QED) is 0.609. The monoisotopic (exact) mass is 286 g/mol. The van der Waals surface area contributed by atoms with Crippen LogP contribution in [0.4, 0.5) is 0 Å². The third-order valence-corrected chi connectivity index (χ3v) is 4.36. The fraction of sp³-hybridized carbons (Fsp3) is 1.00. The SMILES string of the molecule is CCOCCOCC(O)CNC1CCN2CCCCC12. The van der Waals surface area contributed by atoms with Crippen LogP contribution in [0.15, 0.2) is 0 Å². The number of hydrogen-bond acceptors (Lipinski definition) is 5. The molecule has 2 aliphatic heterocycles. The van der Waals surface area contributed by atoms with Gasteiger partial charge in [-0.15, -0.1) is 0 Å². The molecule has 118 valence electrons. The Bertz CT molecular complexity index is 266. The van der Waals surface area contributed by atoms with Crippen LogP contribution >= 0.6 is 0 Å². The van der Waals surface area contributed by atoms with Crippen molar-refractivity contribution in [1.29, 1.82) is 0 Å². The van der Waals surface area contributed by atoms with E-state index >= 15 is 0 Å². The standard InChI is InChI=1S/C15H30N2O3/c1-2-19-9-10-20-12-13(18)11-16-14-6-8-17-7-4-3-5-15(14)17/h13-16,18H,2-12H2,1H3. The first-order valence-electron chi connectivity index (χ1n) is 8.12. The van der Waals surface area contributed by atoms with E-state index in [1.165, 1.54) is 38.8 Å². The zero-order valence-electron chi connectivity index (χ0n) is 12.7. The molecule has 2 N–H and O–H groups in total. The second-order valence-corrected chi connectivity index (χ2v) is 5.83. The summed E-state index contributed by atoms with van der Waals surface area (Å²) in [7, 11) is 0. The summed E-state index contributed by atoms with van der Waals surface area (Å²) in [6.45, 7) is 7.34. The number of aliphatic hydroxyl groups excluding tert-OH is 1. The van der Waals surface area contributed by atoms with E-state index in [2.05, 4.69) is 10.2 Å². The third-order valence-electron chi connectivity index (χ3n) is 4.36. The van der Waals surface area contributed by atoms with E-state index < -0.39 is 6.10 Å². The Labute approximate surface area is 122 Å². The molecule has 2 aliphatic rings. The molecule has 0 aromatic rings. The molecule has 0 aromatic heterocycles. The lowest BCUT2D eigenvalue weighted by Gasteiger charge is -2.33. The maximum Gasteiger partial charge on any atom is 0.0897 e. The first kappa shape index (κ1) is 16.2. The lowest BCUT2D eigenvalue weighted by Crippen LogP contribution is -2.47. The van der Waals surface area contributed by atoms with Crippen LogP contribution in [0.3, 0.4) is 0 Å². The molecule has 2 heterocycles. The fourth-order valence-corrected chi connectivity index (χ4v) is 3.31. The summed E-state index contributed by atoms with van der Waals surface area (Å²) in [4.78, 5) is 2.60. The Morgan fingerprint density at radius 2 is 2.05 bits per heavy atom. The predicted molar refractivity (Wildman–Crippen MR) is 78.9 cm³/mol. The fourth-order valence-electron chi connectivity index (χ4n) is 3.31.